The van der Waals surface area contributed by atoms with Gasteiger partial charge in [0.2, 0.25) is 0 Å². The summed E-state index contributed by atoms with van der Waals surface area (Å²) in [6.07, 6.45) is 7.08. The van der Waals surface area contributed by atoms with Crippen LogP contribution in [0.4, 0.5) is 10.1 Å². The van der Waals surface area contributed by atoms with E-state index in [9.17, 15) is 9.50 Å². The zero-order valence-corrected chi connectivity index (χ0v) is 16.2. The highest BCUT2D eigenvalue weighted by Gasteiger charge is 2.26. The molecular formula is C21H21ClFN4O-. The molecule has 1 aliphatic heterocycles. The van der Waals surface area contributed by atoms with E-state index in [4.69, 9.17) is 11.6 Å². The Balaban J connectivity index is 1.35. The number of aromatic nitrogens is 3. The van der Waals surface area contributed by atoms with E-state index in [1.165, 1.54) is 31.0 Å². The van der Waals surface area contributed by atoms with Crippen LogP contribution in [-0.4, -0.2) is 27.7 Å². The van der Waals surface area contributed by atoms with Crippen molar-refractivity contribution in [3.05, 3.63) is 52.7 Å². The molecule has 146 valence electrons. The van der Waals surface area contributed by atoms with Crippen molar-refractivity contribution in [1.29, 1.82) is 0 Å². The lowest BCUT2D eigenvalue weighted by Gasteiger charge is -2.35. The Labute approximate surface area is 167 Å². The second-order valence-electron chi connectivity index (χ2n) is 7.92. The van der Waals surface area contributed by atoms with Gasteiger partial charge in [0.05, 0.1) is 5.69 Å². The number of rotatable bonds is 4. The molecule has 3 aromatic rings. The van der Waals surface area contributed by atoms with Crippen molar-refractivity contribution in [3.63, 3.8) is 0 Å². The Morgan fingerprint density at radius 2 is 1.89 bits per heavy atom. The summed E-state index contributed by atoms with van der Waals surface area (Å²) >= 11 is 6.68. The molecule has 1 saturated carbocycles. The molecule has 2 fully saturated rings. The van der Waals surface area contributed by atoms with Crippen molar-refractivity contribution < 1.29 is 9.50 Å². The van der Waals surface area contributed by atoms with E-state index in [-0.39, 0.29) is 17.5 Å². The van der Waals surface area contributed by atoms with E-state index < -0.39 is 0 Å². The zero-order chi connectivity index (χ0) is 19.3. The Hall–Kier alpha value is -2.34. The Kier molecular flexibility index (Phi) is 4.38. The van der Waals surface area contributed by atoms with Gasteiger partial charge in [-0.3, -0.25) is 4.40 Å². The van der Waals surface area contributed by atoms with Crippen molar-refractivity contribution in [2.75, 3.05) is 18.0 Å². The molecule has 0 bridgehead atoms. The minimum atomic E-state index is -0.348. The van der Waals surface area contributed by atoms with Gasteiger partial charge < -0.3 is 10.0 Å². The number of benzene rings is 1. The smallest absolute Gasteiger partial charge is 0.181 e. The lowest BCUT2D eigenvalue weighted by atomic mass is 9.88. The maximum atomic E-state index is 13.5. The summed E-state index contributed by atoms with van der Waals surface area (Å²) in [5.74, 6) is 1.36. The van der Waals surface area contributed by atoms with Crippen LogP contribution in [0.15, 0.2) is 30.5 Å². The van der Waals surface area contributed by atoms with Gasteiger partial charge in [-0.15, -0.1) is 15.9 Å². The first kappa shape index (κ1) is 17.7. The molecule has 0 N–H and O–H groups in total. The number of pyridine rings is 1. The highest BCUT2D eigenvalue weighted by atomic mass is 35.5. The highest BCUT2D eigenvalue weighted by Crippen LogP contribution is 2.38. The quantitative estimate of drug-likeness (QED) is 0.667. The summed E-state index contributed by atoms with van der Waals surface area (Å²) in [4.78, 5) is 2.22. The average molecular weight is 400 g/mol. The van der Waals surface area contributed by atoms with Crippen LogP contribution < -0.4 is 10.0 Å². The van der Waals surface area contributed by atoms with E-state index in [1.54, 1.807) is 0 Å². The standard InChI is InChI=1S/C21H22ClFN4O/c22-20-17(7-10-27-19(11-13-1-2-13)24-25-21(20)27)26-8-5-14(6-9-26)16-12-15(23)3-4-18(16)28/h3-4,7,10,12-14,28H,1-2,5-6,8-9,11H2/p-1. The Morgan fingerprint density at radius 3 is 2.64 bits per heavy atom. The predicted octanol–water partition coefficient (Wildman–Crippen LogP) is 3.93. The van der Waals surface area contributed by atoms with Crippen molar-refractivity contribution in [1.82, 2.24) is 14.6 Å². The predicted molar refractivity (Wildman–Crippen MR) is 104 cm³/mol. The fourth-order valence-corrected chi connectivity index (χ4v) is 4.51. The highest BCUT2D eigenvalue weighted by molar-refractivity contribution is 6.36. The zero-order valence-electron chi connectivity index (χ0n) is 15.4. The fourth-order valence-electron chi connectivity index (χ4n) is 4.20. The summed E-state index contributed by atoms with van der Waals surface area (Å²) in [6, 6.07) is 5.97. The Bertz CT molecular complexity index is 1020. The first-order chi connectivity index (χ1) is 13.6. The molecule has 3 heterocycles. The summed E-state index contributed by atoms with van der Waals surface area (Å²) in [5.41, 5.74) is 2.23. The van der Waals surface area contributed by atoms with Gasteiger partial charge in [0.15, 0.2) is 5.65 Å². The minimum Gasteiger partial charge on any atom is -0.872 e. The van der Waals surface area contributed by atoms with Crippen molar-refractivity contribution in [3.8, 4) is 5.75 Å². The topological polar surface area (TPSA) is 56.5 Å². The van der Waals surface area contributed by atoms with Gasteiger partial charge in [-0.2, -0.15) is 0 Å². The molecule has 0 spiro atoms. The van der Waals surface area contributed by atoms with Gasteiger partial charge in [0, 0.05) is 25.7 Å². The number of nitrogens with zero attached hydrogens (tertiary/aromatic N) is 4. The third kappa shape index (κ3) is 3.20. The van der Waals surface area contributed by atoms with Crippen LogP contribution in [0.2, 0.25) is 5.02 Å². The molecule has 1 aliphatic carbocycles. The summed E-state index contributed by atoms with van der Waals surface area (Å²) in [6.45, 7) is 1.53. The SMILES string of the molecule is [O-]c1ccc(F)cc1C1CCN(c2ccn3c(CC4CC4)nnc3c2Cl)CC1. The van der Waals surface area contributed by atoms with Gasteiger partial charge in [-0.1, -0.05) is 17.7 Å². The molecule has 1 saturated heterocycles. The molecule has 5 rings (SSSR count). The van der Waals surface area contributed by atoms with Crippen LogP contribution in [0.1, 0.15) is 43.0 Å². The molecular weight excluding hydrogens is 379 g/mol. The second-order valence-corrected chi connectivity index (χ2v) is 8.29. The lowest BCUT2D eigenvalue weighted by Crippen LogP contribution is -2.33. The molecule has 2 aromatic heterocycles. The first-order valence-electron chi connectivity index (χ1n) is 9.83. The first-order valence-corrected chi connectivity index (χ1v) is 10.2. The fraction of sp³-hybridized carbons (Fsp3) is 0.429. The number of hydrogen-bond acceptors (Lipinski definition) is 4. The third-order valence-electron chi connectivity index (χ3n) is 5.98. The molecule has 2 aliphatic rings. The number of fused-ring (bicyclic) bond motifs is 1. The molecule has 28 heavy (non-hydrogen) atoms. The molecule has 0 atom stereocenters. The Morgan fingerprint density at radius 1 is 1.11 bits per heavy atom. The molecule has 0 amide bonds. The lowest BCUT2D eigenvalue weighted by molar-refractivity contribution is -0.269. The van der Waals surface area contributed by atoms with Crippen LogP contribution in [0, 0.1) is 11.7 Å². The van der Waals surface area contributed by atoms with Gasteiger partial charge in [0.1, 0.15) is 16.7 Å². The van der Waals surface area contributed by atoms with E-state index in [0.717, 1.165) is 49.8 Å². The van der Waals surface area contributed by atoms with Gasteiger partial charge in [-0.25, -0.2) is 4.39 Å². The van der Waals surface area contributed by atoms with Crippen molar-refractivity contribution in [2.24, 2.45) is 5.92 Å². The number of hydrogen-bond donors (Lipinski definition) is 0. The van der Waals surface area contributed by atoms with Crippen LogP contribution in [0.5, 0.6) is 5.75 Å². The largest absolute Gasteiger partial charge is 0.872 e. The van der Waals surface area contributed by atoms with E-state index >= 15 is 0 Å². The molecule has 0 radical (unpaired) electrons. The van der Waals surface area contributed by atoms with Crippen LogP contribution >= 0.6 is 11.6 Å². The van der Waals surface area contributed by atoms with Crippen molar-refractivity contribution in [2.45, 2.75) is 38.0 Å². The van der Waals surface area contributed by atoms with Crippen molar-refractivity contribution >= 4 is 22.9 Å². The maximum absolute atomic E-state index is 13.5. The van der Waals surface area contributed by atoms with Gasteiger partial charge >= 0.3 is 0 Å². The summed E-state index contributed by atoms with van der Waals surface area (Å²) in [5, 5.41) is 21.3. The van der Waals surface area contributed by atoms with E-state index in [2.05, 4.69) is 15.1 Å². The summed E-state index contributed by atoms with van der Waals surface area (Å²) < 4.78 is 15.5. The molecule has 7 heteroatoms. The normalized spacial score (nSPS) is 18.1. The number of halogens is 2. The second kappa shape index (κ2) is 6.92. The number of anilines is 1. The van der Waals surface area contributed by atoms with E-state index in [0.29, 0.717) is 16.2 Å². The monoisotopic (exact) mass is 399 g/mol. The minimum absolute atomic E-state index is 0.0778. The van der Waals surface area contributed by atoms with Crippen LogP contribution in [-0.2, 0) is 6.42 Å². The van der Waals surface area contributed by atoms with Crippen LogP contribution in [0.25, 0.3) is 5.65 Å². The molecule has 1 aromatic carbocycles. The average Bonchev–Trinajstić information content (AvgIpc) is 3.43. The molecule has 5 nitrogen and oxygen atoms in total. The third-order valence-corrected chi connectivity index (χ3v) is 6.35. The molecule has 0 unspecified atom stereocenters. The van der Waals surface area contributed by atoms with Gasteiger partial charge in [0.25, 0.3) is 0 Å². The van der Waals surface area contributed by atoms with Gasteiger partial charge in [-0.05, 0) is 61.3 Å². The number of piperidine rings is 1. The maximum Gasteiger partial charge on any atom is 0.181 e. The van der Waals surface area contributed by atoms with E-state index in [1.807, 2.05) is 16.7 Å². The van der Waals surface area contributed by atoms with Crippen LogP contribution in [0.3, 0.4) is 0 Å². The summed E-state index contributed by atoms with van der Waals surface area (Å²) in [7, 11) is 0.